The first-order valence-corrected chi connectivity index (χ1v) is 9.93. The van der Waals surface area contributed by atoms with Gasteiger partial charge in [0.25, 0.3) is 5.91 Å². The third kappa shape index (κ3) is 5.37. The summed E-state index contributed by atoms with van der Waals surface area (Å²) in [6.45, 7) is -0.452. The first-order valence-electron chi connectivity index (χ1n) is 9.93. The summed E-state index contributed by atoms with van der Waals surface area (Å²) in [4.78, 5) is 25.3. The molecule has 0 aliphatic carbocycles. The maximum atomic E-state index is 12.6. The number of ether oxygens (including phenoxy) is 4. The molecule has 0 spiro atoms. The number of carbonyl (C=O) groups is 2. The van der Waals surface area contributed by atoms with Crippen molar-refractivity contribution in [2.75, 3.05) is 27.9 Å². The van der Waals surface area contributed by atoms with Crippen LogP contribution < -0.4 is 19.5 Å². The molecule has 0 atom stereocenters. The van der Waals surface area contributed by atoms with Gasteiger partial charge < -0.3 is 24.3 Å². The fourth-order valence-corrected chi connectivity index (χ4v) is 3.25. The lowest BCUT2D eigenvalue weighted by Gasteiger charge is -2.20. The van der Waals surface area contributed by atoms with Gasteiger partial charge in [-0.1, -0.05) is 60.7 Å². The third-order valence-corrected chi connectivity index (χ3v) is 4.83. The minimum atomic E-state index is -0.714. The van der Waals surface area contributed by atoms with E-state index in [1.807, 2.05) is 60.7 Å². The molecular formula is C25H25NO6. The summed E-state index contributed by atoms with van der Waals surface area (Å²) in [5, 5.41) is 2.93. The van der Waals surface area contributed by atoms with Crippen molar-refractivity contribution in [1.82, 2.24) is 5.32 Å². The Morgan fingerprint density at radius 1 is 0.750 bits per heavy atom. The number of carbonyl (C=O) groups excluding carboxylic acids is 2. The Labute approximate surface area is 186 Å². The molecule has 0 radical (unpaired) electrons. The average Bonchev–Trinajstić information content (AvgIpc) is 2.85. The van der Waals surface area contributed by atoms with Crippen LogP contribution in [0.5, 0.6) is 17.2 Å². The van der Waals surface area contributed by atoms with Gasteiger partial charge in [-0.3, -0.25) is 4.79 Å². The van der Waals surface area contributed by atoms with Crippen LogP contribution in [0.4, 0.5) is 0 Å². The second kappa shape index (κ2) is 10.9. The van der Waals surface area contributed by atoms with E-state index in [4.69, 9.17) is 18.9 Å². The molecule has 7 nitrogen and oxygen atoms in total. The van der Waals surface area contributed by atoms with Crippen LogP contribution in [-0.2, 0) is 9.53 Å². The standard InChI is InChI=1S/C25H25NO6/c1-29-20-15-22(31-3)21(30-2)14-19(20)25(28)32-16-23(27)26-24(17-10-6-4-7-11-17)18-12-8-5-9-13-18/h4-15,24H,16H2,1-3H3,(H,26,27). The molecular weight excluding hydrogens is 410 g/mol. The third-order valence-electron chi connectivity index (χ3n) is 4.83. The lowest BCUT2D eigenvalue weighted by molar-refractivity contribution is -0.124. The summed E-state index contributed by atoms with van der Waals surface area (Å²) >= 11 is 0. The van der Waals surface area contributed by atoms with Gasteiger partial charge in [-0.2, -0.15) is 0 Å². The predicted molar refractivity (Wildman–Crippen MR) is 119 cm³/mol. The van der Waals surface area contributed by atoms with E-state index in [0.29, 0.717) is 11.5 Å². The lowest BCUT2D eigenvalue weighted by Crippen LogP contribution is -2.33. The Kier molecular flexibility index (Phi) is 7.70. The van der Waals surface area contributed by atoms with Gasteiger partial charge in [-0.15, -0.1) is 0 Å². The summed E-state index contributed by atoms with van der Waals surface area (Å²) < 4.78 is 21.0. The molecule has 0 fully saturated rings. The fourth-order valence-electron chi connectivity index (χ4n) is 3.25. The number of benzene rings is 3. The number of nitrogens with one attached hydrogen (secondary N) is 1. The van der Waals surface area contributed by atoms with Crippen molar-refractivity contribution >= 4 is 11.9 Å². The molecule has 1 amide bonds. The molecule has 0 saturated heterocycles. The maximum absolute atomic E-state index is 12.6. The molecule has 0 aliphatic rings. The van der Waals surface area contributed by atoms with Crippen molar-refractivity contribution < 1.29 is 28.5 Å². The van der Waals surface area contributed by atoms with Crippen LogP contribution in [0.25, 0.3) is 0 Å². The summed E-state index contributed by atoms with van der Waals surface area (Å²) in [6, 6.07) is 21.7. The number of esters is 1. The van der Waals surface area contributed by atoms with Crippen LogP contribution in [0.2, 0.25) is 0 Å². The molecule has 0 aliphatic heterocycles. The van der Waals surface area contributed by atoms with Crippen LogP contribution in [-0.4, -0.2) is 39.8 Å². The summed E-state index contributed by atoms with van der Waals surface area (Å²) in [7, 11) is 4.37. The number of rotatable bonds is 9. The Hall–Kier alpha value is -4.00. The van der Waals surface area contributed by atoms with E-state index in [0.717, 1.165) is 11.1 Å². The monoisotopic (exact) mass is 435 g/mol. The van der Waals surface area contributed by atoms with Gasteiger partial charge in [0.05, 0.1) is 27.4 Å². The van der Waals surface area contributed by atoms with E-state index in [1.165, 1.54) is 33.5 Å². The van der Waals surface area contributed by atoms with Gasteiger partial charge in [0.2, 0.25) is 0 Å². The topological polar surface area (TPSA) is 83.1 Å². The quantitative estimate of drug-likeness (QED) is 0.515. The van der Waals surface area contributed by atoms with E-state index in [-0.39, 0.29) is 17.4 Å². The zero-order valence-electron chi connectivity index (χ0n) is 18.2. The SMILES string of the molecule is COc1cc(OC)c(C(=O)OCC(=O)NC(c2ccccc2)c2ccccc2)cc1OC. The van der Waals surface area contributed by atoms with Gasteiger partial charge in [-0.05, 0) is 11.1 Å². The first-order chi connectivity index (χ1) is 15.6. The normalized spacial score (nSPS) is 10.4. The van der Waals surface area contributed by atoms with Crippen LogP contribution in [0.15, 0.2) is 72.8 Å². The van der Waals surface area contributed by atoms with Gasteiger partial charge in [0.1, 0.15) is 11.3 Å². The summed E-state index contributed by atoms with van der Waals surface area (Å²) in [5.74, 6) is -0.144. The first kappa shape index (κ1) is 22.7. The zero-order valence-corrected chi connectivity index (χ0v) is 18.2. The summed E-state index contributed by atoms with van der Waals surface area (Å²) in [6.07, 6.45) is 0. The van der Waals surface area contributed by atoms with E-state index >= 15 is 0 Å². The molecule has 32 heavy (non-hydrogen) atoms. The van der Waals surface area contributed by atoms with Gasteiger partial charge in [-0.25, -0.2) is 4.79 Å². The highest BCUT2D eigenvalue weighted by molar-refractivity contribution is 5.95. The van der Waals surface area contributed by atoms with Crippen molar-refractivity contribution in [3.8, 4) is 17.2 Å². The molecule has 0 heterocycles. The van der Waals surface area contributed by atoms with Crippen LogP contribution in [0.1, 0.15) is 27.5 Å². The van der Waals surface area contributed by atoms with Crippen molar-refractivity contribution in [2.24, 2.45) is 0 Å². The fraction of sp³-hybridized carbons (Fsp3) is 0.200. The Morgan fingerprint density at radius 2 is 1.25 bits per heavy atom. The van der Waals surface area contributed by atoms with E-state index in [1.54, 1.807) is 0 Å². The lowest BCUT2D eigenvalue weighted by atomic mass is 9.99. The van der Waals surface area contributed by atoms with Gasteiger partial charge in [0, 0.05) is 12.1 Å². The molecule has 166 valence electrons. The number of hydrogen-bond donors (Lipinski definition) is 1. The zero-order chi connectivity index (χ0) is 22.9. The molecule has 0 saturated carbocycles. The Bertz CT molecular complexity index is 1010. The van der Waals surface area contributed by atoms with Crippen LogP contribution in [0, 0.1) is 0 Å². The predicted octanol–water partition coefficient (Wildman–Crippen LogP) is 3.78. The number of hydrogen-bond acceptors (Lipinski definition) is 6. The maximum Gasteiger partial charge on any atom is 0.342 e. The van der Waals surface area contributed by atoms with Crippen molar-refractivity contribution in [3.63, 3.8) is 0 Å². The molecule has 1 N–H and O–H groups in total. The summed E-state index contributed by atoms with van der Waals surface area (Å²) in [5.41, 5.74) is 1.96. The average molecular weight is 435 g/mol. The minimum Gasteiger partial charge on any atom is -0.496 e. The molecule has 3 aromatic carbocycles. The highest BCUT2D eigenvalue weighted by Gasteiger charge is 2.21. The molecule has 0 bridgehead atoms. The van der Waals surface area contributed by atoms with Crippen LogP contribution >= 0.6 is 0 Å². The van der Waals surface area contributed by atoms with Crippen molar-refractivity contribution in [2.45, 2.75) is 6.04 Å². The highest BCUT2D eigenvalue weighted by atomic mass is 16.5. The van der Waals surface area contributed by atoms with Crippen molar-refractivity contribution in [3.05, 3.63) is 89.5 Å². The van der Waals surface area contributed by atoms with E-state index in [2.05, 4.69) is 5.32 Å². The largest absolute Gasteiger partial charge is 0.496 e. The second-order valence-corrected chi connectivity index (χ2v) is 6.81. The van der Waals surface area contributed by atoms with Crippen molar-refractivity contribution in [1.29, 1.82) is 0 Å². The number of methoxy groups -OCH3 is 3. The highest BCUT2D eigenvalue weighted by Crippen LogP contribution is 2.35. The molecule has 3 rings (SSSR count). The van der Waals surface area contributed by atoms with Crippen LogP contribution in [0.3, 0.4) is 0 Å². The molecule has 7 heteroatoms. The minimum absolute atomic E-state index is 0.126. The van der Waals surface area contributed by atoms with E-state index < -0.39 is 18.5 Å². The van der Waals surface area contributed by atoms with E-state index in [9.17, 15) is 9.59 Å². The Morgan fingerprint density at radius 3 is 1.75 bits per heavy atom. The molecule has 0 aromatic heterocycles. The Balaban J connectivity index is 1.73. The van der Waals surface area contributed by atoms with Gasteiger partial charge in [0.15, 0.2) is 18.1 Å². The second-order valence-electron chi connectivity index (χ2n) is 6.81. The smallest absolute Gasteiger partial charge is 0.342 e. The molecule has 0 unspecified atom stereocenters. The number of amides is 1. The van der Waals surface area contributed by atoms with Gasteiger partial charge >= 0.3 is 5.97 Å². The molecule has 3 aromatic rings.